The number of benzene rings is 1. The smallest absolute Gasteiger partial charge is 0.165 e. The molecule has 0 saturated carbocycles. The second-order valence-electron chi connectivity index (χ2n) is 6.40. The minimum atomic E-state index is -0.402. The number of nitrogens with zero attached hydrogens (tertiary/aromatic N) is 5. The molecule has 4 aromatic rings. The summed E-state index contributed by atoms with van der Waals surface area (Å²) < 4.78 is 20.8. The largest absolute Gasteiger partial charge is 0.494 e. The highest BCUT2D eigenvalue weighted by atomic mass is 19.1. The summed E-state index contributed by atoms with van der Waals surface area (Å²) in [5.41, 5.74) is 2.33. The number of methoxy groups -OCH3 is 1. The van der Waals surface area contributed by atoms with Crippen LogP contribution in [0.2, 0.25) is 0 Å². The third-order valence-corrected chi connectivity index (χ3v) is 4.56. The van der Waals surface area contributed by atoms with Crippen LogP contribution in [-0.2, 0) is 7.05 Å². The molecule has 1 atom stereocenters. The summed E-state index contributed by atoms with van der Waals surface area (Å²) in [5.74, 6) is 1.01. The van der Waals surface area contributed by atoms with Crippen LogP contribution >= 0.6 is 0 Å². The molecular weight excluding hydrogens is 359 g/mol. The average Bonchev–Trinajstić information content (AvgIpc) is 3.09. The van der Waals surface area contributed by atoms with Crippen LogP contribution in [-0.4, -0.2) is 31.8 Å². The summed E-state index contributed by atoms with van der Waals surface area (Å²) in [6, 6.07) is 8.41. The van der Waals surface area contributed by atoms with E-state index in [1.54, 1.807) is 29.3 Å². The fourth-order valence-corrected chi connectivity index (χ4v) is 3.00. The van der Waals surface area contributed by atoms with Crippen molar-refractivity contribution in [3.05, 3.63) is 60.3 Å². The SMILES string of the molecule is COc1ccc(C(C)Nc2nc(-c3ccncc3)nc3c2cnn3C)cc1F. The molecule has 0 spiro atoms. The topological polar surface area (TPSA) is 77.8 Å². The summed E-state index contributed by atoms with van der Waals surface area (Å²) in [6.45, 7) is 1.94. The van der Waals surface area contributed by atoms with E-state index < -0.39 is 5.82 Å². The second-order valence-corrected chi connectivity index (χ2v) is 6.40. The van der Waals surface area contributed by atoms with E-state index in [4.69, 9.17) is 4.74 Å². The van der Waals surface area contributed by atoms with Crippen molar-refractivity contribution in [3.8, 4) is 17.1 Å². The number of aryl methyl sites for hydroxylation is 1. The quantitative estimate of drug-likeness (QED) is 0.570. The molecular formula is C20H19FN6O. The first-order valence-electron chi connectivity index (χ1n) is 8.77. The highest BCUT2D eigenvalue weighted by Gasteiger charge is 2.16. The Morgan fingerprint density at radius 1 is 1.14 bits per heavy atom. The van der Waals surface area contributed by atoms with Crippen LogP contribution in [0.3, 0.4) is 0 Å². The molecule has 0 radical (unpaired) electrons. The van der Waals surface area contributed by atoms with Gasteiger partial charge in [0, 0.05) is 25.0 Å². The zero-order valence-corrected chi connectivity index (χ0v) is 15.7. The molecule has 0 amide bonds. The van der Waals surface area contributed by atoms with Gasteiger partial charge in [0.2, 0.25) is 0 Å². The Labute approximate surface area is 161 Å². The molecule has 4 rings (SSSR count). The van der Waals surface area contributed by atoms with Crippen molar-refractivity contribution >= 4 is 16.9 Å². The standard InChI is InChI=1S/C20H19FN6O/c1-12(14-4-5-17(28-3)16(21)10-14)24-19-15-11-23-27(2)20(15)26-18(25-19)13-6-8-22-9-7-13/h4-12H,1-3H3,(H,24,25,26). The maximum absolute atomic E-state index is 14.1. The van der Waals surface area contributed by atoms with E-state index in [9.17, 15) is 4.39 Å². The minimum Gasteiger partial charge on any atom is -0.494 e. The van der Waals surface area contributed by atoms with E-state index in [0.717, 1.165) is 16.5 Å². The van der Waals surface area contributed by atoms with Crippen LogP contribution in [0, 0.1) is 5.82 Å². The molecule has 3 heterocycles. The third kappa shape index (κ3) is 3.24. The molecule has 0 bridgehead atoms. The van der Waals surface area contributed by atoms with Crippen LogP contribution in [0.15, 0.2) is 48.9 Å². The fourth-order valence-electron chi connectivity index (χ4n) is 3.00. The summed E-state index contributed by atoms with van der Waals surface area (Å²) in [5, 5.41) is 8.45. The van der Waals surface area contributed by atoms with Crippen LogP contribution in [0.25, 0.3) is 22.4 Å². The van der Waals surface area contributed by atoms with Crippen molar-refractivity contribution in [2.24, 2.45) is 7.05 Å². The van der Waals surface area contributed by atoms with Gasteiger partial charge in [-0.2, -0.15) is 5.10 Å². The first-order chi connectivity index (χ1) is 13.6. The molecule has 0 aliphatic rings. The first-order valence-corrected chi connectivity index (χ1v) is 8.77. The number of pyridine rings is 1. The Bertz CT molecular complexity index is 1130. The molecule has 28 heavy (non-hydrogen) atoms. The summed E-state index contributed by atoms with van der Waals surface area (Å²) in [7, 11) is 3.28. The Hall–Kier alpha value is -3.55. The lowest BCUT2D eigenvalue weighted by Crippen LogP contribution is -2.10. The molecule has 8 heteroatoms. The zero-order valence-electron chi connectivity index (χ0n) is 15.7. The highest BCUT2D eigenvalue weighted by Crippen LogP contribution is 2.28. The van der Waals surface area contributed by atoms with Gasteiger partial charge in [-0.3, -0.25) is 9.67 Å². The Morgan fingerprint density at radius 2 is 1.93 bits per heavy atom. The van der Waals surface area contributed by atoms with Gasteiger partial charge in [-0.05, 0) is 36.8 Å². The van der Waals surface area contributed by atoms with E-state index in [0.29, 0.717) is 17.3 Å². The molecule has 1 N–H and O–H groups in total. The second kappa shape index (κ2) is 7.22. The molecule has 0 aliphatic carbocycles. The number of hydrogen-bond acceptors (Lipinski definition) is 6. The van der Waals surface area contributed by atoms with Crippen LogP contribution in [0.4, 0.5) is 10.2 Å². The van der Waals surface area contributed by atoms with Crippen molar-refractivity contribution in [2.75, 3.05) is 12.4 Å². The third-order valence-electron chi connectivity index (χ3n) is 4.56. The highest BCUT2D eigenvalue weighted by molar-refractivity contribution is 5.88. The van der Waals surface area contributed by atoms with E-state index >= 15 is 0 Å². The minimum absolute atomic E-state index is 0.191. The van der Waals surface area contributed by atoms with Crippen molar-refractivity contribution < 1.29 is 9.13 Å². The van der Waals surface area contributed by atoms with Crippen molar-refractivity contribution in [2.45, 2.75) is 13.0 Å². The number of halogens is 1. The van der Waals surface area contributed by atoms with Gasteiger partial charge in [0.15, 0.2) is 23.0 Å². The maximum Gasteiger partial charge on any atom is 0.165 e. The molecule has 1 aromatic carbocycles. The lowest BCUT2D eigenvalue weighted by atomic mass is 10.1. The Kier molecular flexibility index (Phi) is 4.60. The number of hydrogen-bond donors (Lipinski definition) is 1. The lowest BCUT2D eigenvalue weighted by Gasteiger charge is -2.17. The molecule has 0 saturated heterocycles. The summed E-state index contributed by atoms with van der Waals surface area (Å²) in [6.07, 6.45) is 5.11. The Morgan fingerprint density at radius 3 is 2.64 bits per heavy atom. The fraction of sp³-hybridized carbons (Fsp3) is 0.200. The number of nitrogens with one attached hydrogen (secondary N) is 1. The van der Waals surface area contributed by atoms with Gasteiger partial charge in [0.1, 0.15) is 5.82 Å². The lowest BCUT2D eigenvalue weighted by molar-refractivity contribution is 0.386. The predicted molar refractivity (Wildman–Crippen MR) is 105 cm³/mol. The average molecular weight is 378 g/mol. The molecule has 0 fully saturated rings. The number of anilines is 1. The van der Waals surface area contributed by atoms with Crippen LogP contribution in [0.1, 0.15) is 18.5 Å². The van der Waals surface area contributed by atoms with Crippen molar-refractivity contribution in [1.29, 1.82) is 0 Å². The summed E-state index contributed by atoms with van der Waals surface area (Å²) in [4.78, 5) is 13.4. The van der Waals surface area contributed by atoms with Gasteiger partial charge >= 0.3 is 0 Å². The van der Waals surface area contributed by atoms with Crippen molar-refractivity contribution in [1.82, 2.24) is 24.7 Å². The van der Waals surface area contributed by atoms with E-state index in [2.05, 4.69) is 25.4 Å². The molecule has 7 nitrogen and oxygen atoms in total. The van der Waals surface area contributed by atoms with Gasteiger partial charge in [-0.1, -0.05) is 6.07 Å². The first kappa shape index (κ1) is 17.8. The van der Waals surface area contributed by atoms with E-state index in [1.165, 1.54) is 13.2 Å². The van der Waals surface area contributed by atoms with Gasteiger partial charge in [0.25, 0.3) is 0 Å². The van der Waals surface area contributed by atoms with Crippen molar-refractivity contribution in [3.63, 3.8) is 0 Å². The van der Waals surface area contributed by atoms with Gasteiger partial charge in [-0.25, -0.2) is 14.4 Å². The predicted octanol–water partition coefficient (Wildman–Crippen LogP) is 3.75. The molecule has 3 aromatic heterocycles. The van der Waals surface area contributed by atoms with Gasteiger partial charge < -0.3 is 10.1 Å². The van der Waals surface area contributed by atoms with E-state index in [-0.39, 0.29) is 11.8 Å². The molecule has 0 aliphatic heterocycles. The monoisotopic (exact) mass is 378 g/mol. The number of fused-ring (bicyclic) bond motifs is 1. The molecule has 142 valence electrons. The van der Waals surface area contributed by atoms with Gasteiger partial charge in [-0.15, -0.1) is 0 Å². The summed E-state index contributed by atoms with van der Waals surface area (Å²) >= 11 is 0. The maximum atomic E-state index is 14.1. The number of rotatable bonds is 5. The van der Waals surface area contributed by atoms with Crippen LogP contribution < -0.4 is 10.1 Å². The van der Waals surface area contributed by atoms with Gasteiger partial charge in [0.05, 0.1) is 24.7 Å². The zero-order chi connectivity index (χ0) is 19.7. The van der Waals surface area contributed by atoms with E-state index in [1.807, 2.05) is 32.2 Å². The Balaban J connectivity index is 1.74. The molecule has 1 unspecified atom stereocenters. The number of aromatic nitrogens is 5. The van der Waals surface area contributed by atoms with Crippen LogP contribution in [0.5, 0.6) is 5.75 Å². The number of ether oxygens (including phenoxy) is 1. The normalized spacial score (nSPS) is 12.1.